The summed E-state index contributed by atoms with van der Waals surface area (Å²) >= 11 is 6.00. The van der Waals surface area contributed by atoms with Gasteiger partial charge in [0.1, 0.15) is 12.7 Å². The minimum absolute atomic E-state index is 0.118. The van der Waals surface area contributed by atoms with E-state index in [1.807, 2.05) is 0 Å². The molecular weight excluding hydrogens is 282 g/mol. The fraction of sp³-hybridized carbons (Fsp3) is 0.692. The first-order chi connectivity index (χ1) is 9.81. The molecule has 0 spiro atoms. The summed E-state index contributed by atoms with van der Waals surface area (Å²) in [7, 11) is 0. The van der Waals surface area contributed by atoms with Crippen LogP contribution in [0.25, 0.3) is 0 Å². The molecule has 0 aromatic carbocycles. The lowest BCUT2D eigenvalue weighted by molar-refractivity contribution is 0.0701. The van der Waals surface area contributed by atoms with Crippen molar-refractivity contribution in [1.29, 1.82) is 0 Å². The van der Waals surface area contributed by atoms with Crippen molar-refractivity contribution in [1.82, 2.24) is 9.97 Å². The van der Waals surface area contributed by atoms with Gasteiger partial charge in [0, 0.05) is 13.1 Å². The summed E-state index contributed by atoms with van der Waals surface area (Å²) in [5.74, 6) is 2.44. The average Bonchev–Trinajstić information content (AvgIpc) is 3.31. The monoisotopic (exact) mass is 297 g/mol. The highest BCUT2D eigenvalue weighted by Crippen LogP contribution is 2.44. The molecule has 2 fully saturated rings. The van der Waals surface area contributed by atoms with Gasteiger partial charge in [0.05, 0.1) is 13.2 Å². The van der Waals surface area contributed by atoms with Gasteiger partial charge < -0.3 is 19.1 Å². The summed E-state index contributed by atoms with van der Waals surface area (Å²) in [6.07, 6.45) is 2.54. The Labute approximate surface area is 122 Å². The summed E-state index contributed by atoms with van der Waals surface area (Å²) in [6, 6.07) is 0. The van der Waals surface area contributed by atoms with E-state index in [2.05, 4.69) is 14.9 Å². The Bertz CT molecular complexity index is 518. The van der Waals surface area contributed by atoms with E-state index >= 15 is 0 Å². The SMILES string of the molecule is Clc1nc2c(c(N3CCOCC3)n1)OC(C1CC1)CO2. The van der Waals surface area contributed by atoms with Gasteiger partial charge in [-0.15, -0.1) is 0 Å². The van der Waals surface area contributed by atoms with Crippen molar-refractivity contribution in [3.8, 4) is 11.6 Å². The number of hydrogen-bond acceptors (Lipinski definition) is 6. The van der Waals surface area contributed by atoms with E-state index in [9.17, 15) is 0 Å². The van der Waals surface area contributed by atoms with Crippen LogP contribution in [0, 0.1) is 5.92 Å². The third-order valence-corrected chi connectivity index (χ3v) is 4.07. The van der Waals surface area contributed by atoms with Crippen molar-refractivity contribution in [2.24, 2.45) is 5.92 Å². The number of hydrogen-bond donors (Lipinski definition) is 0. The van der Waals surface area contributed by atoms with Crippen molar-refractivity contribution in [3.63, 3.8) is 0 Å². The minimum atomic E-state index is 0.118. The van der Waals surface area contributed by atoms with E-state index < -0.39 is 0 Å². The summed E-state index contributed by atoms with van der Waals surface area (Å²) in [4.78, 5) is 10.6. The number of fused-ring (bicyclic) bond motifs is 1. The third-order valence-electron chi connectivity index (χ3n) is 3.90. The van der Waals surface area contributed by atoms with Gasteiger partial charge in [-0.1, -0.05) is 0 Å². The van der Waals surface area contributed by atoms with Crippen LogP contribution in [0.2, 0.25) is 5.28 Å². The van der Waals surface area contributed by atoms with Crippen molar-refractivity contribution in [2.45, 2.75) is 18.9 Å². The van der Waals surface area contributed by atoms with Crippen LogP contribution in [-0.4, -0.2) is 49.0 Å². The predicted molar refractivity (Wildman–Crippen MR) is 72.7 cm³/mol. The molecule has 0 amide bonds. The molecule has 7 heteroatoms. The molecule has 1 unspecified atom stereocenters. The largest absolute Gasteiger partial charge is 0.478 e. The lowest BCUT2D eigenvalue weighted by atomic mass is 10.2. The van der Waals surface area contributed by atoms with E-state index in [1.54, 1.807) is 0 Å². The van der Waals surface area contributed by atoms with Gasteiger partial charge in [0.15, 0.2) is 5.82 Å². The molecule has 1 saturated carbocycles. The number of anilines is 1. The zero-order valence-electron chi connectivity index (χ0n) is 11.0. The summed E-state index contributed by atoms with van der Waals surface area (Å²) in [6.45, 7) is 3.47. The highest BCUT2D eigenvalue weighted by molar-refractivity contribution is 6.28. The highest BCUT2D eigenvalue weighted by Gasteiger charge is 2.38. The molecule has 1 aliphatic carbocycles. The fourth-order valence-electron chi connectivity index (χ4n) is 2.63. The van der Waals surface area contributed by atoms with Gasteiger partial charge in [-0.05, 0) is 30.4 Å². The van der Waals surface area contributed by atoms with Crippen LogP contribution in [0.1, 0.15) is 12.8 Å². The van der Waals surface area contributed by atoms with Crippen LogP contribution in [0.5, 0.6) is 11.6 Å². The maximum atomic E-state index is 6.10. The van der Waals surface area contributed by atoms with Crippen LogP contribution in [-0.2, 0) is 4.74 Å². The Balaban J connectivity index is 1.68. The van der Waals surface area contributed by atoms with Crippen LogP contribution < -0.4 is 14.4 Å². The molecule has 3 heterocycles. The van der Waals surface area contributed by atoms with Crippen molar-refractivity contribution >= 4 is 17.4 Å². The number of aromatic nitrogens is 2. The molecule has 0 radical (unpaired) electrons. The van der Waals surface area contributed by atoms with Crippen LogP contribution in [0.15, 0.2) is 0 Å². The molecule has 3 aliphatic rings. The molecular formula is C13H16ClN3O3. The van der Waals surface area contributed by atoms with Crippen LogP contribution in [0.4, 0.5) is 5.82 Å². The number of nitrogens with zero attached hydrogens (tertiary/aromatic N) is 3. The molecule has 0 N–H and O–H groups in total. The number of rotatable bonds is 2. The van der Waals surface area contributed by atoms with E-state index in [0.717, 1.165) is 18.9 Å². The predicted octanol–water partition coefficient (Wildman–Crippen LogP) is 1.52. The highest BCUT2D eigenvalue weighted by atomic mass is 35.5. The molecule has 2 aliphatic heterocycles. The first kappa shape index (κ1) is 12.5. The number of morpholine rings is 1. The van der Waals surface area contributed by atoms with Crippen LogP contribution in [0.3, 0.4) is 0 Å². The third kappa shape index (κ3) is 2.27. The Morgan fingerprint density at radius 2 is 1.95 bits per heavy atom. The quantitative estimate of drug-likeness (QED) is 0.772. The van der Waals surface area contributed by atoms with Gasteiger partial charge in [0.25, 0.3) is 5.88 Å². The second-order valence-corrected chi connectivity index (χ2v) is 5.69. The van der Waals surface area contributed by atoms with Crippen molar-refractivity contribution in [3.05, 3.63) is 5.28 Å². The topological polar surface area (TPSA) is 56.7 Å². The van der Waals surface area contributed by atoms with E-state index in [1.165, 1.54) is 12.8 Å². The van der Waals surface area contributed by atoms with Crippen molar-refractivity contribution < 1.29 is 14.2 Å². The van der Waals surface area contributed by atoms with Gasteiger partial charge in [-0.2, -0.15) is 9.97 Å². The Morgan fingerprint density at radius 1 is 1.15 bits per heavy atom. The molecule has 1 aromatic rings. The molecule has 108 valence electrons. The summed E-state index contributed by atoms with van der Waals surface area (Å²) in [5.41, 5.74) is 0. The van der Waals surface area contributed by atoms with E-state index in [0.29, 0.717) is 37.4 Å². The second-order valence-electron chi connectivity index (χ2n) is 5.35. The van der Waals surface area contributed by atoms with Crippen LogP contribution >= 0.6 is 11.6 Å². The second kappa shape index (κ2) is 4.93. The fourth-order valence-corrected chi connectivity index (χ4v) is 2.79. The first-order valence-corrected chi connectivity index (χ1v) is 7.39. The van der Waals surface area contributed by atoms with Crippen molar-refractivity contribution in [2.75, 3.05) is 37.8 Å². The number of halogens is 1. The molecule has 1 atom stereocenters. The normalized spacial score (nSPS) is 25.6. The Morgan fingerprint density at radius 3 is 2.70 bits per heavy atom. The summed E-state index contributed by atoms with van der Waals surface area (Å²) in [5, 5.41) is 0.193. The van der Waals surface area contributed by atoms with Gasteiger partial charge in [-0.3, -0.25) is 0 Å². The average molecular weight is 298 g/mol. The first-order valence-electron chi connectivity index (χ1n) is 7.01. The standard InChI is InChI=1S/C13H16ClN3O3/c14-13-15-11(17-3-5-18-6-4-17)10-12(16-13)19-7-9(20-10)8-1-2-8/h8-9H,1-7H2. The maximum absolute atomic E-state index is 6.10. The smallest absolute Gasteiger partial charge is 0.264 e. The Kier molecular flexibility index (Phi) is 3.07. The molecule has 4 rings (SSSR count). The molecule has 1 saturated heterocycles. The molecule has 20 heavy (non-hydrogen) atoms. The molecule has 0 bridgehead atoms. The van der Waals surface area contributed by atoms with E-state index in [4.69, 9.17) is 25.8 Å². The maximum Gasteiger partial charge on any atom is 0.264 e. The lowest BCUT2D eigenvalue weighted by Crippen LogP contribution is -2.39. The zero-order valence-corrected chi connectivity index (χ0v) is 11.8. The number of ether oxygens (including phenoxy) is 3. The Hall–Kier alpha value is -1.27. The summed E-state index contributed by atoms with van der Waals surface area (Å²) < 4.78 is 17.2. The zero-order chi connectivity index (χ0) is 13.5. The minimum Gasteiger partial charge on any atom is -0.478 e. The van der Waals surface area contributed by atoms with Gasteiger partial charge >= 0.3 is 0 Å². The van der Waals surface area contributed by atoms with Gasteiger partial charge in [0.2, 0.25) is 11.0 Å². The van der Waals surface area contributed by atoms with Gasteiger partial charge in [-0.25, -0.2) is 0 Å². The molecule has 1 aromatic heterocycles. The van der Waals surface area contributed by atoms with E-state index in [-0.39, 0.29) is 11.4 Å². The lowest BCUT2D eigenvalue weighted by Gasteiger charge is -2.32. The molecule has 6 nitrogen and oxygen atoms in total.